The predicted octanol–water partition coefficient (Wildman–Crippen LogP) is 3.71. The summed E-state index contributed by atoms with van der Waals surface area (Å²) in [6.07, 6.45) is 2.78. The summed E-state index contributed by atoms with van der Waals surface area (Å²) in [6, 6.07) is 12.8. The van der Waals surface area contributed by atoms with Crippen LogP contribution in [0.3, 0.4) is 0 Å². The van der Waals surface area contributed by atoms with Gasteiger partial charge < -0.3 is 9.47 Å². The van der Waals surface area contributed by atoms with E-state index in [2.05, 4.69) is 6.07 Å². The van der Waals surface area contributed by atoms with Crippen LogP contribution < -0.4 is 15.3 Å². The largest absolute Gasteiger partial charge is 0.497 e. The van der Waals surface area contributed by atoms with Gasteiger partial charge in [-0.3, -0.25) is 5.84 Å². The molecule has 2 atom stereocenters. The molecule has 0 unspecified atom stereocenters. The van der Waals surface area contributed by atoms with Crippen LogP contribution in [0.1, 0.15) is 30.0 Å². The summed E-state index contributed by atoms with van der Waals surface area (Å²) in [6.45, 7) is 0.846. The quantitative estimate of drug-likeness (QED) is 0.840. The lowest BCUT2D eigenvalue weighted by molar-refractivity contribution is 0.0921. The molecule has 1 heterocycles. The molecular formula is C20H25FN2O2. The summed E-state index contributed by atoms with van der Waals surface area (Å²) in [4.78, 5) is 0. The van der Waals surface area contributed by atoms with Crippen LogP contribution in [0.25, 0.3) is 0 Å². The standard InChI is InChI=1S/C20H25FN2O2/c1-24-18-7-3-5-15(13-18)20-14(6-4-10-23(20)22)11-16-12-17(21)8-9-19(16)25-2/h3,5,7-9,12-14,20H,4,6,10-11,22H2,1-2H3/t14-,20-/m1/s1. The smallest absolute Gasteiger partial charge is 0.123 e. The molecule has 4 nitrogen and oxygen atoms in total. The Balaban J connectivity index is 1.91. The van der Waals surface area contributed by atoms with Crippen molar-refractivity contribution < 1.29 is 13.9 Å². The molecule has 25 heavy (non-hydrogen) atoms. The van der Waals surface area contributed by atoms with Crippen LogP contribution in [0.4, 0.5) is 4.39 Å². The summed E-state index contributed by atoms with van der Waals surface area (Å²) in [5, 5.41) is 1.90. The molecule has 0 aliphatic carbocycles. The first-order valence-electron chi connectivity index (χ1n) is 8.60. The average Bonchev–Trinajstić information content (AvgIpc) is 2.62. The maximum Gasteiger partial charge on any atom is 0.123 e. The third kappa shape index (κ3) is 3.94. The van der Waals surface area contributed by atoms with E-state index in [0.29, 0.717) is 0 Å². The van der Waals surface area contributed by atoms with Crippen molar-refractivity contribution in [2.75, 3.05) is 20.8 Å². The van der Waals surface area contributed by atoms with Crippen molar-refractivity contribution in [2.45, 2.75) is 25.3 Å². The lowest BCUT2D eigenvalue weighted by Crippen LogP contribution is -2.44. The number of halogens is 1. The molecule has 0 amide bonds. The Morgan fingerprint density at radius 1 is 1.16 bits per heavy atom. The zero-order valence-corrected chi connectivity index (χ0v) is 14.7. The minimum absolute atomic E-state index is 0.0665. The molecule has 134 valence electrons. The van der Waals surface area contributed by atoms with Crippen molar-refractivity contribution in [3.63, 3.8) is 0 Å². The van der Waals surface area contributed by atoms with Gasteiger partial charge >= 0.3 is 0 Å². The molecule has 2 aromatic rings. The molecule has 5 heteroatoms. The van der Waals surface area contributed by atoms with Gasteiger partial charge in [-0.1, -0.05) is 12.1 Å². The van der Waals surface area contributed by atoms with Gasteiger partial charge in [-0.2, -0.15) is 0 Å². The summed E-state index contributed by atoms with van der Waals surface area (Å²) in [5.41, 5.74) is 2.01. The third-order valence-electron chi connectivity index (χ3n) is 4.95. The molecule has 1 fully saturated rings. The Bertz CT molecular complexity index is 723. The number of nitrogens with zero attached hydrogens (tertiary/aromatic N) is 1. The molecule has 1 aliphatic heterocycles. The SMILES string of the molecule is COc1cccc([C@H]2[C@@H](Cc3cc(F)ccc3OC)CCCN2N)c1. The van der Waals surface area contributed by atoms with E-state index in [-0.39, 0.29) is 17.8 Å². The zero-order valence-electron chi connectivity index (χ0n) is 14.7. The molecule has 0 saturated carbocycles. The normalized spacial score (nSPS) is 21.1. The van der Waals surface area contributed by atoms with E-state index in [4.69, 9.17) is 15.3 Å². The van der Waals surface area contributed by atoms with E-state index in [9.17, 15) is 4.39 Å². The van der Waals surface area contributed by atoms with Crippen LogP contribution in [-0.4, -0.2) is 25.8 Å². The highest BCUT2D eigenvalue weighted by atomic mass is 19.1. The first-order chi connectivity index (χ1) is 12.1. The summed E-state index contributed by atoms with van der Waals surface area (Å²) in [5.74, 6) is 7.91. The zero-order chi connectivity index (χ0) is 17.8. The molecule has 0 radical (unpaired) electrons. The number of piperidine rings is 1. The minimum Gasteiger partial charge on any atom is -0.497 e. The predicted molar refractivity (Wildman–Crippen MR) is 96.0 cm³/mol. The molecule has 0 spiro atoms. The number of ether oxygens (including phenoxy) is 2. The number of nitrogens with two attached hydrogens (primary N) is 1. The summed E-state index contributed by atoms with van der Waals surface area (Å²) in [7, 11) is 3.28. The number of methoxy groups -OCH3 is 2. The number of hydrazine groups is 1. The molecule has 1 aliphatic rings. The first-order valence-corrected chi connectivity index (χ1v) is 8.60. The van der Waals surface area contributed by atoms with Crippen molar-refractivity contribution in [1.29, 1.82) is 0 Å². The van der Waals surface area contributed by atoms with Crippen LogP contribution in [0, 0.1) is 11.7 Å². The Morgan fingerprint density at radius 3 is 2.76 bits per heavy atom. The van der Waals surface area contributed by atoms with Crippen molar-refractivity contribution in [2.24, 2.45) is 11.8 Å². The Hall–Kier alpha value is -2.11. The highest BCUT2D eigenvalue weighted by molar-refractivity contribution is 5.36. The average molecular weight is 344 g/mol. The molecule has 0 aromatic heterocycles. The second-order valence-electron chi connectivity index (χ2n) is 6.52. The van der Waals surface area contributed by atoms with E-state index in [1.165, 1.54) is 6.07 Å². The summed E-state index contributed by atoms with van der Waals surface area (Å²) < 4.78 is 24.5. The highest BCUT2D eigenvalue weighted by Gasteiger charge is 2.32. The number of hydrogen-bond acceptors (Lipinski definition) is 4. The van der Waals surface area contributed by atoms with Gasteiger partial charge in [0.25, 0.3) is 0 Å². The maximum absolute atomic E-state index is 13.7. The number of benzene rings is 2. The Labute approximate surface area is 148 Å². The van der Waals surface area contributed by atoms with E-state index in [0.717, 1.165) is 48.4 Å². The van der Waals surface area contributed by atoms with Crippen molar-refractivity contribution in [3.8, 4) is 11.5 Å². The van der Waals surface area contributed by atoms with Gasteiger partial charge in [0.15, 0.2) is 0 Å². The van der Waals surface area contributed by atoms with E-state index in [1.807, 2.05) is 23.2 Å². The van der Waals surface area contributed by atoms with E-state index < -0.39 is 0 Å². The van der Waals surface area contributed by atoms with Gasteiger partial charge in [-0.15, -0.1) is 0 Å². The van der Waals surface area contributed by atoms with E-state index >= 15 is 0 Å². The fourth-order valence-corrected chi connectivity index (χ4v) is 3.80. The van der Waals surface area contributed by atoms with Gasteiger partial charge in [0, 0.05) is 6.54 Å². The lowest BCUT2D eigenvalue weighted by atomic mass is 9.81. The molecular weight excluding hydrogens is 319 g/mol. The molecule has 2 aromatic carbocycles. The van der Waals surface area contributed by atoms with Crippen LogP contribution in [-0.2, 0) is 6.42 Å². The molecule has 3 rings (SSSR count). The second kappa shape index (κ2) is 7.85. The topological polar surface area (TPSA) is 47.7 Å². The van der Waals surface area contributed by atoms with Crippen LogP contribution >= 0.6 is 0 Å². The summed E-state index contributed by atoms with van der Waals surface area (Å²) >= 11 is 0. The second-order valence-corrected chi connectivity index (χ2v) is 6.52. The van der Waals surface area contributed by atoms with Crippen molar-refractivity contribution in [1.82, 2.24) is 5.01 Å². The van der Waals surface area contributed by atoms with Crippen LogP contribution in [0.5, 0.6) is 11.5 Å². The van der Waals surface area contributed by atoms with Gasteiger partial charge in [0.1, 0.15) is 17.3 Å². The van der Waals surface area contributed by atoms with Gasteiger partial charge in [0.05, 0.1) is 20.3 Å². The Kier molecular flexibility index (Phi) is 5.56. The minimum atomic E-state index is -0.242. The highest BCUT2D eigenvalue weighted by Crippen LogP contribution is 2.38. The number of rotatable bonds is 5. The maximum atomic E-state index is 13.7. The van der Waals surface area contributed by atoms with Crippen LogP contribution in [0.2, 0.25) is 0 Å². The van der Waals surface area contributed by atoms with Gasteiger partial charge in [0.2, 0.25) is 0 Å². The molecule has 0 bridgehead atoms. The van der Waals surface area contributed by atoms with Crippen molar-refractivity contribution in [3.05, 3.63) is 59.4 Å². The Morgan fingerprint density at radius 2 is 2.00 bits per heavy atom. The van der Waals surface area contributed by atoms with Gasteiger partial charge in [-0.05, 0) is 66.6 Å². The van der Waals surface area contributed by atoms with Crippen LogP contribution in [0.15, 0.2) is 42.5 Å². The molecule has 1 saturated heterocycles. The lowest BCUT2D eigenvalue weighted by Gasteiger charge is -2.39. The van der Waals surface area contributed by atoms with E-state index in [1.54, 1.807) is 26.4 Å². The first kappa shape index (κ1) is 17.7. The van der Waals surface area contributed by atoms with Crippen molar-refractivity contribution >= 4 is 0 Å². The number of hydrogen-bond donors (Lipinski definition) is 1. The molecule has 2 N–H and O–H groups in total. The fraction of sp³-hybridized carbons (Fsp3) is 0.400. The van der Waals surface area contributed by atoms with Gasteiger partial charge in [-0.25, -0.2) is 9.40 Å². The fourth-order valence-electron chi connectivity index (χ4n) is 3.80. The third-order valence-corrected chi connectivity index (χ3v) is 4.95. The monoisotopic (exact) mass is 344 g/mol.